The number of carbonyl (C=O) groups is 1. The predicted molar refractivity (Wildman–Crippen MR) is 143 cm³/mol. The third-order valence-corrected chi connectivity index (χ3v) is 8.12. The molecule has 3 fully saturated rings. The maximum atomic E-state index is 13.1. The van der Waals surface area contributed by atoms with Crippen LogP contribution >= 0.6 is 23.2 Å². The Balaban J connectivity index is 0.000000271. The molecule has 5 rings (SSSR count). The SMILES string of the molecule is CC1C2CCC(N(CCN3CCCC3)C(=O)Nc3cc(Cl)cc(Cl)c3)C12.Cc1ccc(C#N)cc1. The van der Waals surface area contributed by atoms with Gasteiger partial charge >= 0.3 is 6.03 Å². The van der Waals surface area contributed by atoms with Gasteiger partial charge < -0.3 is 15.1 Å². The highest BCUT2D eigenvalue weighted by molar-refractivity contribution is 6.35. The second-order valence-electron chi connectivity index (χ2n) is 10.1. The highest BCUT2D eigenvalue weighted by Crippen LogP contribution is 2.58. The number of urea groups is 1. The van der Waals surface area contributed by atoms with E-state index in [9.17, 15) is 4.79 Å². The normalized spacial score (nSPS) is 24.7. The number of aryl methyl sites for hydroxylation is 1. The number of nitrogens with zero attached hydrogens (tertiary/aromatic N) is 3. The van der Waals surface area contributed by atoms with Gasteiger partial charge in [0.25, 0.3) is 0 Å². The predicted octanol–water partition coefficient (Wildman–Crippen LogP) is 6.83. The number of halogens is 2. The molecule has 0 bridgehead atoms. The minimum Gasteiger partial charge on any atom is -0.320 e. The van der Waals surface area contributed by atoms with Gasteiger partial charge in [-0.1, -0.05) is 47.8 Å². The summed E-state index contributed by atoms with van der Waals surface area (Å²) in [5, 5.41) is 12.5. The lowest BCUT2D eigenvalue weighted by molar-refractivity contribution is 0.165. The Morgan fingerprint density at radius 1 is 1.11 bits per heavy atom. The molecule has 2 aromatic rings. The van der Waals surface area contributed by atoms with E-state index in [1.54, 1.807) is 18.2 Å². The quantitative estimate of drug-likeness (QED) is 0.477. The first-order valence-electron chi connectivity index (χ1n) is 12.6. The summed E-state index contributed by atoms with van der Waals surface area (Å²) < 4.78 is 0. The molecule has 1 saturated heterocycles. The number of rotatable bonds is 5. The van der Waals surface area contributed by atoms with E-state index in [0.29, 0.717) is 27.7 Å². The molecule has 2 aromatic carbocycles. The van der Waals surface area contributed by atoms with Gasteiger partial charge in [0.15, 0.2) is 0 Å². The molecule has 3 aliphatic rings. The topological polar surface area (TPSA) is 59.4 Å². The first-order valence-corrected chi connectivity index (χ1v) is 13.3. The first-order chi connectivity index (χ1) is 16.9. The molecule has 4 atom stereocenters. The molecule has 186 valence electrons. The molecular formula is C28H34Cl2N4O. The maximum Gasteiger partial charge on any atom is 0.322 e. The van der Waals surface area contributed by atoms with Gasteiger partial charge in [-0.2, -0.15) is 5.26 Å². The minimum absolute atomic E-state index is 0.0210. The molecule has 0 radical (unpaired) electrons. The van der Waals surface area contributed by atoms with Crippen molar-refractivity contribution in [3.8, 4) is 6.07 Å². The number of nitrogens with one attached hydrogen (secondary N) is 1. The molecule has 2 saturated carbocycles. The van der Waals surface area contributed by atoms with Crippen LogP contribution in [0.3, 0.4) is 0 Å². The molecule has 0 spiro atoms. The number of likely N-dealkylation sites (tertiary alicyclic amines) is 1. The van der Waals surface area contributed by atoms with E-state index in [-0.39, 0.29) is 6.03 Å². The Labute approximate surface area is 219 Å². The van der Waals surface area contributed by atoms with Crippen molar-refractivity contribution in [1.29, 1.82) is 5.26 Å². The number of fused-ring (bicyclic) bond motifs is 1. The Kier molecular flexibility index (Phi) is 8.59. The molecule has 4 unspecified atom stereocenters. The average Bonchev–Trinajstić information content (AvgIpc) is 3.20. The lowest BCUT2D eigenvalue weighted by atomic mass is 10.1. The van der Waals surface area contributed by atoms with Crippen molar-refractivity contribution < 1.29 is 4.79 Å². The summed E-state index contributed by atoms with van der Waals surface area (Å²) in [5.74, 6) is 2.27. The summed E-state index contributed by atoms with van der Waals surface area (Å²) in [6.07, 6.45) is 4.94. The summed E-state index contributed by atoms with van der Waals surface area (Å²) in [4.78, 5) is 17.7. The van der Waals surface area contributed by atoms with Crippen LogP contribution in [0.4, 0.5) is 10.5 Å². The van der Waals surface area contributed by atoms with Crippen molar-refractivity contribution in [3.63, 3.8) is 0 Å². The lowest BCUT2D eigenvalue weighted by Gasteiger charge is -2.32. The summed E-state index contributed by atoms with van der Waals surface area (Å²) >= 11 is 12.2. The smallest absolute Gasteiger partial charge is 0.320 e. The summed E-state index contributed by atoms with van der Waals surface area (Å²) in [5.41, 5.74) is 2.58. The highest BCUT2D eigenvalue weighted by Gasteiger charge is 2.57. The molecule has 1 aliphatic heterocycles. The van der Waals surface area contributed by atoms with Crippen molar-refractivity contribution in [1.82, 2.24) is 9.80 Å². The fourth-order valence-corrected chi connectivity index (χ4v) is 6.24. The van der Waals surface area contributed by atoms with Gasteiger partial charge in [-0.05, 0) is 93.8 Å². The van der Waals surface area contributed by atoms with E-state index >= 15 is 0 Å². The Morgan fingerprint density at radius 2 is 1.77 bits per heavy atom. The molecule has 1 heterocycles. The average molecular weight is 514 g/mol. The zero-order valence-electron chi connectivity index (χ0n) is 20.5. The van der Waals surface area contributed by atoms with Gasteiger partial charge in [-0.25, -0.2) is 4.79 Å². The van der Waals surface area contributed by atoms with Gasteiger partial charge in [0.05, 0.1) is 11.6 Å². The number of amides is 2. The molecular weight excluding hydrogens is 479 g/mol. The number of nitriles is 1. The van der Waals surface area contributed by atoms with E-state index in [2.05, 4.69) is 28.1 Å². The largest absolute Gasteiger partial charge is 0.322 e. The number of hydrogen-bond acceptors (Lipinski definition) is 3. The molecule has 2 amide bonds. The molecule has 1 N–H and O–H groups in total. The number of benzene rings is 2. The van der Waals surface area contributed by atoms with Crippen LogP contribution in [0.25, 0.3) is 0 Å². The Hall–Kier alpha value is -2.26. The fourth-order valence-electron chi connectivity index (χ4n) is 5.71. The van der Waals surface area contributed by atoms with Gasteiger partial charge in [0, 0.05) is 34.9 Å². The summed E-state index contributed by atoms with van der Waals surface area (Å²) in [6.45, 7) is 8.40. The Morgan fingerprint density at radius 3 is 2.34 bits per heavy atom. The second kappa shape index (κ2) is 11.6. The molecule has 35 heavy (non-hydrogen) atoms. The number of hydrogen-bond donors (Lipinski definition) is 1. The second-order valence-corrected chi connectivity index (χ2v) is 10.9. The Bertz CT molecular complexity index is 1040. The van der Waals surface area contributed by atoms with Crippen molar-refractivity contribution >= 4 is 34.9 Å². The van der Waals surface area contributed by atoms with E-state index in [1.165, 1.54) is 24.8 Å². The van der Waals surface area contributed by atoms with Gasteiger partial charge in [-0.15, -0.1) is 0 Å². The van der Waals surface area contributed by atoms with Crippen molar-refractivity contribution in [2.45, 2.75) is 45.6 Å². The molecule has 2 aliphatic carbocycles. The number of carbonyl (C=O) groups excluding carboxylic acids is 1. The van der Waals surface area contributed by atoms with Crippen LogP contribution in [0.1, 0.15) is 43.7 Å². The van der Waals surface area contributed by atoms with Crippen LogP contribution in [-0.2, 0) is 0 Å². The monoisotopic (exact) mass is 512 g/mol. The van der Waals surface area contributed by atoms with Crippen LogP contribution in [-0.4, -0.2) is 48.1 Å². The highest BCUT2D eigenvalue weighted by atomic mass is 35.5. The summed E-state index contributed by atoms with van der Waals surface area (Å²) in [7, 11) is 0. The number of anilines is 1. The zero-order chi connectivity index (χ0) is 24.9. The van der Waals surface area contributed by atoms with Gasteiger partial charge in [0.2, 0.25) is 0 Å². The van der Waals surface area contributed by atoms with Crippen molar-refractivity contribution in [2.75, 3.05) is 31.5 Å². The molecule has 0 aromatic heterocycles. The maximum absolute atomic E-state index is 13.1. The van der Waals surface area contributed by atoms with Gasteiger partial charge in [-0.3, -0.25) is 0 Å². The fraction of sp³-hybridized carbons (Fsp3) is 0.500. The molecule has 5 nitrogen and oxygen atoms in total. The molecule has 7 heteroatoms. The lowest BCUT2D eigenvalue weighted by Crippen LogP contribution is -2.47. The zero-order valence-corrected chi connectivity index (χ0v) is 22.0. The first kappa shape index (κ1) is 25.8. The van der Waals surface area contributed by atoms with Crippen LogP contribution < -0.4 is 5.32 Å². The third kappa shape index (κ3) is 6.70. The third-order valence-electron chi connectivity index (χ3n) is 7.69. The van der Waals surface area contributed by atoms with Crippen LogP contribution in [0.5, 0.6) is 0 Å². The van der Waals surface area contributed by atoms with Crippen LogP contribution in [0.2, 0.25) is 10.0 Å². The standard InChI is InChI=1S/C20H27Cl2N3O.C8H7N/c1-13-17-4-5-18(19(13)17)25(9-8-24-6-2-3-7-24)20(26)23-16-11-14(21)10-15(22)12-16;1-7-2-4-8(6-9)5-3-7/h10-13,17-19H,2-9H2,1H3,(H,23,26);2-5H,1H3. The minimum atomic E-state index is -0.0210. The van der Waals surface area contributed by atoms with E-state index in [4.69, 9.17) is 28.5 Å². The van der Waals surface area contributed by atoms with Crippen molar-refractivity contribution in [3.05, 3.63) is 63.6 Å². The van der Waals surface area contributed by atoms with E-state index < -0.39 is 0 Å². The van der Waals surface area contributed by atoms with Gasteiger partial charge in [0.1, 0.15) is 0 Å². The van der Waals surface area contributed by atoms with Crippen molar-refractivity contribution in [2.24, 2.45) is 17.8 Å². The van der Waals surface area contributed by atoms with E-state index in [0.717, 1.165) is 50.0 Å². The summed E-state index contributed by atoms with van der Waals surface area (Å²) in [6, 6.07) is 15.1. The van der Waals surface area contributed by atoms with Crippen LogP contribution in [0, 0.1) is 36.0 Å². The van der Waals surface area contributed by atoms with Crippen LogP contribution in [0.15, 0.2) is 42.5 Å². The van der Waals surface area contributed by atoms with E-state index in [1.807, 2.05) is 31.2 Å².